The Bertz CT molecular complexity index is 973. The van der Waals surface area contributed by atoms with Gasteiger partial charge < -0.3 is 15.6 Å². The average molecular weight is 379 g/mol. The van der Waals surface area contributed by atoms with Gasteiger partial charge in [0.2, 0.25) is 0 Å². The molecule has 0 unspecified atom stereocenters. The van der Waals surface area contributed by atoms with Crippen molar-refractivity contribution in [2.75, 3.05) is 11.9 Å². The Labute approximate surface area is 151 Å². The smallest absolute Gasteiger partial charge is 0.384 e. The largest absolute Gasteiger partial charge is 0.435 e. The van der Waals surface area contributed by atoms with Crippen LogP contribution < -0.4 is 11.1 Å². The van der Waals surface area contributed by atoms with Crippen LogP contribution in [0.1, 0.15) is 23.2 Å². The van der Waals surface area contributed by atoms with Crippen LogP contribution in [0.4, 0.5) is 18.9 Å². The molecule has 3 rings (SSSR count). The Morgan fingerprint density at radius 2 is 2.00 bits per heavy atom. The Hall–Kier alpha value is -3.37. The van der Waals surface area contributed by atoms with Crippen LogP contribution in [0.15, 0.2) is 30.7 Å². The van der Waals surface area contributed by atoms with Gasteiger partial charge in [0.25, 0.3) is 5.91 Å². The van der Waals surface area contributed by atoms with Crippen LogP contribution in [0.25, 0.3) is 17.1 Å². The Balaban J connectivity index is 2.11. The highest BCUT2D eigenvalue weighted by atomic mass is 19.4. The highest BCUT2D eigenvalue weighted by molar-refractivity contribution is 5.90. The Kier molecular flexibility index (Phi) is 4.60. The zero-order chi connectivity index (χ0) is 19.8. The molecule has 0 saturated carbocycles. The molecule has 0 aromatic carbocycles. The molecule has 0 saturated heterocycles. The number of hydrogen-bond acceptors (Lipinski definition) is 5. The van der Waals surface area contributed by atoms with Gasteiger partial charge >= 0.3 is 6.18 Å². The lowest BCUT2D eigenvalue weighted by Crippen LogP contribution is -2.17. The summed E-state index contributed by atoms with van der Waals surface area (Å²) in [5, 5.41) is 6.70. The highest BCUT2D eigenvalue weighted by Crippen LogP contribution is 2.36. The minimum Gasteiger partial charge on any atom is -0.384 e. The number of pyridine rings is 1. The van der Waals surface area contributed by atoms with Gasteiger partial charge in [0.15, 0.2) is 17.3 Å². The molecule has 0 spiro atoms. The number of aromatic nitrogens is 5. The molecule has 0 fully saturated rings. The number of imidazole rings is 1. The number of alkyl halides is 3. The monoisotopic (exact) mass is 379 g/mol. The van der Waals surface area contributed by atoms with E-state index in [1.807, 2.05) is 6.92 Å². The first-order valence-electron chi connectivity index (χ1n) is 7.91. The van der Waals surface area contributed by atoms with Gasteiger partial charge in [-0.2, -0.15) is 18.3 Å². The number of rotatable bonds is 5. The number of primary amides is 1. The molecule has 27 heavy (non-hydrogen) atoms. The quantitative estimate of drug-likeness (QED) is 0.707. The highest BCUT2D eigenvalue weighted by Gasteiger charge is 2.38. The van der Waals surface area contributed by atoms with Crippen LogP contribution in [0.3, 0.4) is 0 Å². The van der Waals surface area contributed by atoms with E-state index in [-0.39, 0.29) is 22.9 Å². The lowest BCUT2D eigenvalue weighted by Gasteiger charge is -2.07. The molecule has 3 heterocycles. The molecule has 11 heteroatoms. The van der Waals surface area contributed by atoms with Gasteiger partial charge in [0, 0.05) is 19.8 Å². The Morgan fingerprint density at radius 1 is 1.26 bits per heavy atom. The number of amides is 1. The maximum Gasteiger partial charge on any atom is 0.435 e. The van der Waals surface area contributed by atoms with Crippen molar-refractivity contribution in [1.82, 2.24) is 24.3 Å². The van der Waals surface area contributed by atoms with Crippen LogP contribution in [0.5, 0.6) is 0 Å². The van der Waals surface area contributed by atoms with Crippen LogP contribution in [0, 0.1) is 0 Å². The summed E-state index contributed by atoms with van der Waals surface area (Å²) >= 11 is 0. The van der Waals surface area contributed by atoms with Gasteiger partial charge in [-0.05, 0) is 19.1 Å². The molecule has 142 valence electrons. The summed E-state index contributed by atoms with van der Waals surface area (Å²) in [6, 6.07) is 3.24. The summed E-state index contributed by atoms with van der Waals surface area (Å²) < 4.78 is 42.7. The number of hydrogen-bond donors (Lipinski definition) is 2. The first-order chi connectivity index (χ1) is 12.7. The fourth-order valence-electron chi connectivity index (χ4n) is 2.61. The van der Waals surface area contributed by atoms with E-state index in [9.17, 15) is 18.0 Å². The number of carbonyl (C=O) groups is 1. The van der Waals surface area contributed by atoms with Gasteiger partial charge in [-0.3, -0.25) is 4.79 Å². The molecule has 0 aliphatic carbocycles. The molecule has 3 N–H and O–H groups in total. The van der Waals surface area contributed by atoms with Crippen LogP contribution in [-0.2, 0) is 13.2 Å². The summed E-state index contributed by atoms with van der Waals surface area (Å²) in [6.07, 6.45) is -0.859. The third kappa shape index (κ3) is 3.48. The third-order valence-electron chi connectivity index (χ3n) is 3.83. The summed E-state index contributed by atoms with van der Waals surface area (Å²) in [7, 11) is 1.41. The van der Waals surface area contributed by atoms with Crippen molar-refractivity contribution in [3.63, 3.8) is 0 Å². The van der Waals surface area contributed by atoms with E-state index in [4.69, 9.17) is 5.73 Å². The van der Waals surface area contributed by atoms with E-state index in [1.165, 1.54) is 24.0 Å². The molecule has 3 aromatic heterocycles. The summed E-state index contributed by atoms with van der Waals surface area (Å²) in [5.74, 6) is -0.782. The SMILES string of the molecule is CCNc1ccc(-n2cc(-c3cnc(C(N)=O)n3C)c(C(F)(F)F)n2)nc1. The first kappa shape index (κ1) is 18.4. The summed E-state index contributed by atoms with van der Waals surface area (Å²) in [4.78, 5) is 19.3. The van der Waals surface area contributed by atoms with Crippen molar-refractivity contribution in [2.24, 2.45) is 12.8 Å². The van der Waals surface area contributed by atoms with E-state index in [1.54, 1.807) is 12.1 Å². The predicted octanol–water partition coefficient (Wildman–Crippen LogP) is 2.22. The maximum atomic E-state index is 13.5. The second kappa shape index (κ2) is 6.74. The zero-order valence-electron chi connectivity index (χ0n) is 14.4. The van der Waals surface area contributed by atoms with Gasteiger partial charge in [-0.15, -0.1) is 0 Å². The molecular weight excluding hydrogens is 363 g/mol. The molecule has 1 amide bonds. The minimum absolute atomic E-state index is 0.0617. The van der Waals surface area contributed by atoms with E-state index in [0.29, 0.717) is 6.54 Å². The Morgan fingerprint density at radius 3 is 2.52 bits per heavy atom. The molecule has 0 radical (unpaired) electrons. The zero-order valence-corrected chi connectivity index (χ0v) is 14.4. The molecule has 0 bridgehead atoms. The van der Waals surface area contributed by atoms with Crippen molar-refractivity contribution < 1.29 is 18.0 Å². The number of anilines is 1. The van der Waals surface area contributed by atoms with Gasteiger partial charge in [0.05, 0.1) is 29.3 Å². The minimum atomic E-state index is -4.71. The van der Waals surface area contributed by atoms with Crippen molar-refractivity contribution in [2.45, 2.75) is 13.1 Å². The average Bonchev–Trinajstić information content (AvgIpc) is 3.19. The van der Waals surface area contributed by atoms with Crippen molar-refractivity contribution in [3.05, 3.63) is 42.2 Å². The number of nitrogens with one attached hydrogen (secondary N) is 1. The van der Waals surface area contributed by atoms with Crippen molar-refractivity contribution >= 4 is 11.6 Å². The third-order valence-corrected chi connectivity index (χ3v) is 3.83. The normalized spacial score (nSPS) is 11.6. The predicted molar refractivity (Wildman–Crippen MR) is 91.2 cm³/mol. The summed E-state index contributed by atoms with van der Waals surface area (Å²) in [5.41, 5.74) is 4.64. The second-order valence-corrected chi connectivity index (χ2v) is 5.66. The van der Waals surface area contributed by atoms with Crippen LogP contribution in [-0.4, -0.2) is 36.8 Å². The molecule has 0 aliphatic rings. The first-order valence-corrected chi connectivity index (χ1v) is 7.91. The van der Waals surface area contributed by atoms with Gasteiger partial charge in [-0.25, -0.2) is 14.6 Å². The van der Waals surface area contributed by atoms with Crippen LogP contribution in [0.2, 0.25) is 0 Å². The second-order valence-electron chi connectivity index (χ2n) is 5.66. The molecule has 0 aliphatic heterocycles. The maximum absolute atomic E-state index is 13.5. The number of carbonyl (C=O) groups excluding carboxylic acids is 1. The van der Waals surface area contributed by atoms with Crippen molar-refractivity contribution in [1.29, 1.82) is 0 Å². The van der Waals surface area contributed by atoms with Crippen molar-refractivity contribution in [3.8, 4) is 17.1 Å². The molecule has 0 atom stereocenters. The van der Waals surface area contributed by atoms with Crippen LogP contribution >= 0.6 is 0 Å². The van der Waals surface area contributed by atoms with E-state index >= 15 is 0 Å². The number of halogens is 3. The summed E-state index contributed by atoms with van der Waals surface area (Å²) in [6.45, 7) is 2.60. The van der Waals surface area contributed by atoms with Gasteiger partial charge in [-0.1, -0.05) is 0 Å². The van der Waals surface area contributed by atoms with E-state index in [0.717, 1.165) is 16.6 Å². The molecule has 3 aromatic rings. The molecular formula is C16H16F3N7O. The topological polar surface area (TPSA) is 104 Å². The molecule has 8 nitrogen and oxygen atoms in total. The van der Waals surface area contributed by atoms with E-state index < -0.39 is 17.8 Å². The standard InChI is InChI=1S/C16H16F3N7O/c1-3-21-9-4-5-12(22-6-9)26-8-10(13(24-26)16(17,18)19)11-7-23-15(14(20)27)25(11)2/h4-8,21H,3H2,1-2H3,(H2,20,27). The number of nitrogens with two attached hydrogens (primary N) is 1. The fourth-order valence-corrected chi connectivity index (χ4v) is 2.61. The fraction of sp³-hybridized carbons (Fsp3) is 0.250. The van der Waals surface area contributed by atoms with E-state index in [2.05, 4.69) is 20.4 Å². The number of nitrogens with zero attached hydrogens (tertiary/aromatic N) is 5. The van der Waals surface area contributed by atoms with Gasteiger partial charge in [0.1, 0.15) is 0 Å². The lowest BCUT2D eigenvalue weighted by molar-refractivity contribution is -0.140. The lowest BCUT2D eigenvalue weighted by atomic mass is 10.2.